The number of nitrogens with one attached hydrogen (secondary N) is 1. The average molecular weight is 374 g/mol. The van der Waals surface area contributed by atoms with E-state index in [0.717, 1.165) is 44.8 Å². The summed E-state index contributed by atoms with van der Waals surface area (Å²) in [6, 6.07) is 3.66. The molecule has 2 saturated heterocycles. The molecule has 0 bridgehead atoms. The Balaban J connectivity index is 1.57. The van der Waals surface area contributed by atoms with E-state index in [-0.39, 0.29) is 17.4 Å². The lowest BCUT2D eigenvalue weighted by molar-refractivity contribution is -0.130. The minimum absolute atomic E-state index is 0.00378. The molecule has 2 aliphatic heterocycles. The monoisotopic (exact) mass is 374 g/mol. The van der Waals surface area contributed by atoms with E-state index in [9.17, 15) is 9.59 Å². The van der Waals surface area contributed by atoms with Crippen LogP contribution in [0.5, 0.6) is 0 Å². The van der Waals surface area contributed by atoms with Gasteiger partial charge in [-0.3, -0.25) is 19.4 Å². The highest BCUT2D eigenvalue weighted by Gasteiger charge is 2.42. The highest BCUT2D eigenvalue weighted by molar-refractivity contribution is 5.78. The second-order valence-corrected chi connectivity index (χ2v) is 7.59. The number of hydrogen-bond donors (Lipinski definition) is 1. The minimum atomic E-state index is -0.0505. The summed E-state index contributed by atoms with van der Waals surface area (Å²) in [5, 5.41) is 2.92. The van der Waals surface area contributed by atoms with Crippen LogP contribution in [0.3, 0.4) is 0 Å². The number of piperazine rings is 1. The molecule has 148 valence electrons. The van der Waals surface area contributed by atoms with Crippen LogP contribution in [0.4, 0.5) is 0 Å². The first kappa shape index (κ1) is 19.6. The highest BCUT2D eigenvalue weighted by Crippen LogP contribution is 2.32. The third kappa shape index (κ3) is 4.78. The second kappa shape index (κ2) is 8.71. The molecule has 0 radical (unpaired) electrons. The fourth-order valence-electron chi connectivity index (χ4n) is 4.12. The van der Waals surface area contributed by atoms with Crippen molar-refractivity contribution in [1.29, 1.82) is 0 Å². The molecular weight excluding hydrogens is 344 g/mol. The van der Waals surface area contributed by atoms with Gasteiger partial charge in [-0.1, -0.05) is 6.08 Å². The van der Waals surface area contributed by atoms with E-state index in [1.807, 2.05) is 17.0 Å². The zero-order valence-electron chi connectivity index (χ0n) is 16.2. The normalized spacial score (nSPS) is 24.8. The molecule has 2 amide bonds. The van der Waals surface area contributed by atoms with Crippen LogP contribution in [0.1, 0.15) is 25.0 Å². The van der Waals surface area contributed by atoms with Crippen LogP contribution in [0.15, 0.2) is 35.5 Å². The molecule has 1 aromatic rings. The van der Waals surface area contributed by atoms with Gasteiger partial charge in [0.15, 0.2) is 0 Å². The van der Waals surface area contributed by atoms with Crippen molar-refractivity contribution >= 4 is 11.8 Å². The summed E-state index contributed by atoms with van der Waals surface area (Å²) in [6.45, 7) is 8.47. The number of likely N-dealkylation sites (tertiary alicyclic amines) is 1. The second-order valence-electron chi connectivity index (χ2n) is 7.59. The number of carbonyl (C=O) groups is 2. The van der Waals surface area contributed by atoms with Gasteiger partial charge in [-0.05, 0) is 32.0 Å². The number of furan rings is 1. The van der Waals surface area contributed by atoms with Crippen molar-refractivity contribution < 1.29 is 14.0 Å². The summed E-state index contributed by atoms with van der Waals surface area (Å²) in [5.41, 5.74) is -0.0505. The van der Waals surface area contributed by atoms with Gasteiger partial charge < -0.3 is 14.6 Å². The van der Waals surface area contributed by atoms with Gasteiger partial charge >= 0.3 is 0 Å². The van der Waals surface area contributed by atoms with Crippen LogP contribution in [-0.2, 0) is 16.1 Å². The van der Waals surface area contributed by atoms with Crippen molar-refractivity contribution in [3.63, 3.8) is 0 Å². The first-order valence-electron chi connectivity index (χ1n) is 9.64. The zero-order chi connectivity index (χ0) is 19.3. The molecule has 0 saturated carbocycles. The van der Waals surface area contributed by atoms with Crippen molar-refractivity contribution in [2.24, 2.45) is 0 Å². The Bertz CT molecular complexity index is 660. The molecule has 1 spiro atoms. The summed E-state index contributed by atoms with van der Waals surface area (Å²) >= 11 is 0. The Hall–Kier alpha value is -2.12. The molecule has 7 nitrogen and oxygen atoms in total. The lowest BCUT2D eigenvalue weighted by atomic mass is 9.86. The van der Waals surface area contributed by atoms with E-state index in [2.05, 4.69) is 28.7 Å². The van der Waals surface area contributed by atoms with Gasteiger partial charge in [0, 0.05) is 44.7 Å². The number of likely N-dealkylation sites (N-methyl/N-ethyl adjacent to an activating group) is 1. The molecule has 0 aromatic carbocycles. The molecule has 1 aromatic heterocycles. The van der Waals surface area contributed by atoms with Crippen molar-refractivity contribution in [2.45, 2.75) is 31.3 Å². The maximum absolute atomic E-state index is 12.4. The Morgan fingerprint density at radius 2 is 2.22 bits per heavy atom. The quantitative estimate of drug-likeness (QED) is 0.755. The Morgan fingerprint density at radius 3 is 2.96 bits per heavy atom. The first-order chi connectivity index (χ1) is 13.0. The summed E-state index contributed by atoms with van der Waals surface area (Å²) < 4.78 is 5.25. The van der Waals surface area contributed by atoms with Crippen LogP contribution in [0, 0.1) is 0 Å². The van der Waals surface area contributed by atoms with E-state index in [4.69, 9.17) is 4.42 Å². The van der Waals surface area contributed by atoms with E-state index >= 15 is 0 Å². The zero-order valence-corrected chi connectivity index (χ0v) is 16.2. The van der Waals surface area contributed by atoms with Crippen molar-refractivity contribution in [3.05, 3.63) is 36.8 Å². The van der Waals surface area contributed by atoms with Gasteiger partial charge in [0.1, 0.15) is 5.76 Å². The average Bonchev–Trinajstić information content (AvgIpc) is 3.13. The number of hydrogen-bond acceptors (Lipinski definition) is 5. The van der Waals surface area contributed by atoms with Crippen LogP contribution in [0.25, 0.3) is 0 Å². The number of amides is 2. The lowest BCUT2D eigenvalue weighted by Crippen LogP contribution is -2.62. The Kier molecular flexibility index (Phi) is 6.34. The summed E-state index contributed by atoms with van der Waals surface area (Å²) in [4.78, 5) is 31.2. The van der Waals surface area contributed by atoms with Crippen molar-refractivity contribution in [1.82, 2.24) is 20.0 Å². The lowest BCUT2D eigenvalue weighted by Gasteiger charge is -2.49. The van der Waals surface area contributed by atoms with Crippen molar-refractivity contribution in [3.8, 4) is 0 Å². The van der Waals surface area contributed by atoms with Crippen LogP contribution in [0.2, 0.25) is 0 Å². The smallest absolute Gasteiger partial charge is 0.234 e. The molecule has 2 fully saturated rings. The van der Waals surface area contributed by atoms with E-state index in [1.54, 1.807) is 12.3 Å². The predicted molar refractivity (Wildman–Crippen MR) is 103 cm³/mol. The molecule has 1 N–H and O–H groups in total. The van der Waals surface area contributed by atoms with Gasteiger partial charge in [-0.25, -0.2) is 0 Å². The molecule has 0 aliphatic carbocycles. The Labute approximate surface area is 161 Å². The van der Waals surface area contributed by atoms with Crippen LogP contribution in [-0.4, -0.2) is 78.4 Å². The van der Waals surface area contributed by atoms with E-state index in [0.29, 0.717) is 26.1 Å². The maximum atomic E-state index is 12.4. The van der Waals surface area contributed by atoms with Gasteiger partial charge in [0.25, 0.3) is 0 Å². The van der Waals surface area contributed by atoms with E-state index in [1.165, 1.54) is 0 Å². The summed E-state index contributed by atoms with van der Waals surface area (Å²) in [6.07, 6.45) is 5.70. The number of nitrogens with zero attached hydrogens (tertiary/aromatic N) is 3. The first-order valence-corrected chi connectivity index (χ1v) is 9.64. The molecule has 27 heavy (non-hydrogen) atoms. The van der Waals surface area contributed by atoms with Gasteiger partial charge in [-0.2, -0.15) is 0 Å². The Morgan fingerprint density at radius 1 is 1.37 bits per heavy atom. The fraction of sp³-hybridized carbons (Fsp3) is 0.600. The maximum Gasteiger partial charge on any atom is 0.234 e. The van der Waals surface area contributed by atoms with E-state index < -0.39 is 0 Å². The summed E-state index contributed by atoms with van der Waals surface area (Å²) in [5.74, 6) is 0.959. The third-order valence-electron chi connectivity index (χ3n) is 5.84. The molecule has 3 heterocycles. The number of carbonyl (C=O) groups excluding carboxylic acids is 2. The molecule has 2 aliphatic rings. The summed E-state index contributed by atoms with van der Waals surface area (Å²) in [7, 11) is 2.14. The van der Waals surface area contributed by atoms with Crippen LogP contribution < -0.4 is 5.32 Å². The fourth-order valence-corrected chi connectivity index (χ4v) is 4.12. The standard InChI is InChI=1S/C20H30N4O3/c1-3-9-24-10-8-20(7-6-19(24)26)16-23(12-11-22(20)2)15-18(25)21-14-17-5-4-13-27-17/h3-5,13H,1,6-12,14-16H2,2H3,(H,21,25)/t20-/m1/s1. The number of rotatable bonds is 6. The third-order valence-corrected chi connectivity index (χ3v) is 5.84. The van der Waals surface area contributed by atoms with Crippen LogP contribution >= 0.6 is 0 Å². The SMILES string of the molecule is C=CCN1CC[C@]2(CCC1=O)CN(CC(=O)NCc1ccco1)CCN2C. The van der Waals surface area contributed by atoms with Crippen molar-refractivity contribution in [2.75, 3.05) is 46.3 Å². The topological polar surface area (TPSA) is 69.0 Å². The highest BCUT2D eigenvalue weighted by atomic mass is 16.3. The molecule has 3 rings (SSSR count). The largest absolute Gasteiger partial charge is 0.467 e. The van der Waals surface area contributed by atoms with Gasteiger partial charge in [-0.15, -0.1) is 6.58 Å². The minimum Gasteiger partial charge on any atom is -0.467 e. The molecule has 1 atom stereocenters. The van der Waals surface area contributed by atoms with Gasteiger partial charge in [0.2, 0.25) is 11.8 Å². The molecule has 7 heteroatoms. The predicted octanol–water partition coefficient (Wildman–Crippen LogP) is 1.08. The van der Waals surface area contributed by atoms with Gasteiger partial charge in [0.05, 0.1) is 19.4 Å². The molecular formula is C20H30N4O3. The molecule has 0 unspecified atom stereocenters.